The van der Waals surface area contributed by atoms with Gasteiger partial charge in [0, 0.05) is 10.1 Å². The minimum Gasteiger partial charge on any atom is -0.465 e. The number of halogens is 1. The highest BCUT2D eigenvalue weighted by Crippen LogP contribution is 2.28. The molecule has 0 aliphatic heterocycles. The van der Waals surface area contributed by atoms with E-state index in [1.807, 2.05) is 13.0 Å². The van der Waals surface area contributed by atoms with E-state index < -0.39 is 11.5 Å². The van der Waals surface area contributed by atoms with Gasteiger partial charge in [-0.15, -0.1) is 11.8 Å². The van der Waals surface area contributed by atoms with Crippen molar-refractivity contribution in [3.05, 3.63) is 30.1 Å². The standard InChI is InChI=1S/C14H20FNO2S/c1-4-18-13(17)14(3,16)9-10(2)19-12-7-5-6-11(15)8-12/h5-8,10H,4,9,16H2,1-3H3. The van der Waals surface area contributed by atoms with Gasteiger partial charge in [0.05, 0.1) is 6.61 Å². The highest BCUT2D eigenvalue weighted by Gasteiger charge is 2.32. The van der Waals surface area contributed by atoms with Crippen LogP contribution in [0.2, 0.25) is 0 Å². The summed E-state index contributed by atoms with van der Waals surface area (Å²) in [6, 6.07) is 6.37. The van der Waals surface area contributed by atoms with E-state index in [-0.39, 0.29) is 11.1 Å². The van der Waals surface area contributed by atoms with Crippen LogP contribution in [0.25, 0.3) is 0 Å². The zero-order valence-corrected chi connectivity index (χ0v) is 12.3. The van der Waals surface area contributed by atoms with Gasteiger partial charge in [0.1, 0.15) is 11.4 Å². The zero-order chi connectivity index (χ0) is 14.5. The third-order valence-corrected chi connectivity index (χ3v) is 3.68. The number of hydrogen-bond donors (Lipinski definition) is 1. The van der Waals surface area contributed by atoms with Gasteiger partial charge in [0.25, 0.3) is 0 Å². The lowest BCUT2D eigenvalue weighted by atomic mass is 9.98. The van der Waals surface area contributed by atoms with Gasteiger partial charge in [-0.05, 0) is 38.5 Å². The van der Waals surface area contributed by atoms with Gasteiger partial charge in [-0.25, -0.2) is 4.39 Å². The Morgan fingerprint density at radius 3 is 2.84 bits per heavy atom. The van der Waals surface area contributed by atoms with Crippen LogP contribution in [0.15, 0.2) is 29.2 Å². The molecule has 1 aromatic rings. The van der Waals surface area contributed by atoms with Gasteiger partial charge in [-0.1, -0.05) is 13.0 Å². The van der Waals surface area contributed by atoms with Crippen LogP contribution in [0.1, 0.15) is 27.2 Å². The van der Waals surface area contributed by atoms with Crippen molar-refractivity contribution in [2.24, 2.45) is 5.73 Å². The molecule has 19 heavy (non-hydrogen) atoms. The summed E-state index contributed by atoms with van der Waals surface area (Å²) >= 11 is 1.49. The fraction of sp³-hybridized carbons (Fsp3) is 0.500. The Labute approximate surface area is 117 Å². The molecule has 0 heterocycles. The van der Waals surface area contributed by atoms with Crippen molar-refractivity contribution >= 4 is 17.7 Å². The van der Waals surface area contributed by atoms with Crippen molar-refractivity contribution in [3.8, 4) is 0 Å². The minimum atomic E-state index is -1.02. The highest BCUT2D eigenvalue weighted by atomic mass is 32.2. The number of esters is 1. The molecule has 0 saturated carbocycles. The molecule has 0 radical (unpaired) electrons. The van der Waals surface area contributed by atoms with Crippen molar-refractivity contribution in [2.45, 2.75) is 42.9 Å². The smallest absolute Gasteiger partial charge is 0.325 e. The lowest BCUT2D eigenvalue weighted by Crippen LogP contribution is -2.47. The number of rotatable bonds is 6. The molecule has 1 rings (SSSR count). The summed E-state index contributed by atoms with van der Waals surface area (Å²) in [5.41, 5.74) is 4.95. The van der Waals surface area contributed by atoms with E-state index in [2.05, 4.69) is 0 Å². The lowest BCUT2D eigenvalue weighted by Gasteiger charge is -2.25. The van der Waals surface area contributed by atoms with Crippen LogP contribution in [0, 0.1) is 5.82 Å². The van der Waals surface area contributed by atoms with E-state index in [4.69, 9.17) is 10.5 Å². The number of thioether (sulfide) groups is 1. The Morgan fingerprint density at radius 1 is 1.58 bits per heavy atom. The number of nitrogens with two attached hydrogens (primary N) is 1. The van der Waals surface area contributed by atoms with E-state index in [1.54, 1.807) is 19.9 Å². The predicted molar refractivity (Wildman–Crippen MR) is 75.6 cm³/mol. The molecular weight excluding hydrogens is 265 g/mol. The van der Waals surface area contributed by atoms with Crippen LogP contribution < -0.4 is 5.73 Å². The lowest BCUT2D eigenvalue weighted by molar-refractivity contribution is -0.149. The molecule has 2 atom stereocenters. The number of carbonyl (C=O) groups excluding carboxylic acids is 1. The summed E-state index contributed by atoms with van der Waals surface area (Å²) in [5.74, 6) is -0.667. The van der Waals surface area contributed by atoms with Crippen LogP contribution in [-0.2, 0) is 9.53 Å². The van der Waals surface area contributed by atoms with E-state index in [0.717, 1.165) is 4.90 Å². The second-order valence-corrected chi connectivity index (χ2v) is 6.24. The molecule has 106 valence electrons. The first-order valence-corrected chi connectivity index (χ1v) is 7.11. The number of hydrogen-bond acceptors (Lipinski definition) is 4. The van der Waals surface area contributed by atoms with E-state index in [9.17, 15) is 9.18 Å². The van der Waals surface area contributed by atoms with Crippen molar-refractivity contribution in [1.82, 2.24) is 0 Å². The first-order chi connectivity index (χ1) is 8.85. The fourth-order valence-electron chi connectivity index (χ4n) is 1.79. The number of benzene rings is 1. The molecule has 0 aromatic heterocycles. The maximum Gasteiger partial charge on any atom is 0.325 e. The van der Waals surface area contributed by atoms with Crippen molar-refractivity contribution in [2.75, 3.05) is 6.61 Å². The third kappa shape index (κ3) is 5.20. The Hall–Kier alpha value is -1.07. The van der Waals surface area contributed by atoms with Gasteiger partial charge >= 0.3 is 5.97 Å². The summed E-state index contributed by atoms with van der Waals surface area (Å²) < 4.78 is 18.0. The molecule has 5 heteroatoms. The molecule has 0 saturated heterocycles. The summed E-state index contributed by atoms with van der Waals surface area (Å²) in [6.45, 7) is 5.68. The summed E-state index contributed by atoms with van der Waals surface area (Å²) in [7, 11) is 0. The van der Waals surface area contributed by atoms with Crippen molar-refractivity contribution in [1.29, 1.82) is 0 Å². The minimum absolute atomic E-state index is 0.0845. The molecule has 2 unspecified atom stereocenters. The van der Waals surface area contributed by atoms with Crippen LogP contribution in [0.4, 0.5) is 4.39 Å². The summed E-state index contributed by atoms with van der Waals surface area (Å²) in [5, 5.41) is 0.0845. The van der Waals surface area contributed by atoms with Crippen LogP contribution in [0.3, 0.4) is 0 Å². The van der Waals surface area contributed by atoms with Crippen LogP contribution in [0.5, 0.6) is 0 Å². The fourth-order valence-corrected chi connectivity index (χ4v) is 3.02. The second-order valence-electron chi connectivity index (χ2n) is 4.73. The molecule has 2 N–H and O–H groups in total. The molecule has 0 amide bonds. The van der Waals surface area contributed by atoms with E-state index in [0.29, 0.717) is 13.0 Å². The van der Waals surface area contributed by atoms with Crippen molar-refractivity contribution < 1.29 is 13.9 Å². The Bertz CT molecular complexity index is 437. The SMILES string of the molecule is CCOC(=O)C(C)(N)CC(C)Sc1cccc(F)c1. The summed E-state index contributed by atoms with van der Waals surface area (Å²) in [6.07, 6.45) is 0.465. The molecule has 1 aromatic carbocycles. The first-order valence-electron chi connectivity index (χ1n) is 6.23. The van der Waals surface area contributed by atoms with Gasteiger partial charge in [0.2, 0.25) is 0 Å². The van der Waals surface area contributed by atoms with Crippen molar-refractivity contribution in [3.63, 3.8) is 0 Å². The molecule has 0 aliphatic carbocycles. The maximum atomic E-state index is 13.1. The average molecular weight is 285 g/mol. The van der Waals surface area contributed by atoms with Gasteiger partial charge in [0.15, 0.2) is 0 Å². The second kappa shape index (κ2) is 6.91. The highest BCUT2D eigenvalue weighted by molar-refractivity contribution is 7.99. The largest absolute Gasteiger partial charge is 0.465 e. The normalized spacial score (nSPS) is 15.6. The predicted octanol–water partition coefficient (Wildman–Crippen LogP) is 2.98. The summed E-state index contributed by atoms with van der Waals surface area (Å²) in [4.78, 5) is 12.5. The number of ether oxygens (including phenoxy) is 1. The topological polar surface area (TPSA) is 52.3 Å². The Kier molecular flexibility index (Phi) is 5.82. The molecule has 0 aliphatic rings. The maximum absolute atomic E-state index is 13.1. The third-order valence-electron chi connectivity index (χ3n) is 2.59. The van der Waals surface area contributed by atoms with Crippen LogP contribution in [-0.4, -0.2) is 23.4 Å². The average Bonchev–Trinajstić information content (AvgIpc) is 2.28. The zero-order valence-electron chi connectivity index (χ0n) is 11.5. The van der Waals surface area contributed by atoms with Gasteiger partial charge in [-0.3, -0.25) is 4.79 Å². The van der Waals surface area contributed by atoms with Gasteiger partial charge < -0.3 is 10.5 Å². The molecule has 3 nitrogen and oxygen atoms in total. The quantitative estimate of drug-likeness (QED) is 0.645. The molecule has 0 fully saturated rings. The first kappa shape index (κ1) is 16.0. The Morgan fingerprint density at radius 2 is 2.26 bits per heavy atom. The van der Waals surface area contributed by atoms with E-state index >= 15 is 0 Å². The number of carbonyl (C=O) groups is 1. The van der Waals surface area contributed by atoms with E-state index in [1.165, 1.54) is 23.9 Å². The Balaban J connectivity index is 2.59. The monoisotopic (exact) mass is 285 g/mol. The van der Waals surface area contributed by atoms with Crippen LogP contribution >= 0.6 is 11.8 Å². The van der Waals surface area contributed by atoms with Gasteiger partial charge in [-0.2, -0.15) is 0 Å². The molecular formula is C14H20FNO2S. The molecule has 0 bridgehead atoms. The molecule has 0 spiro atoms.